The molecule has 0 saturated carbocycles. The summed E-state index contributed by atoms with van der Waals surface area (Å²) in [6, 6.07) is 11.7. The second kappa shape index (κ2) is 6.20. The monoisotopic (exact) mass is 271 g/mol. The summed E-state index contributed by atoms with van der Waals surface area (Å²) >= 11 is 1.64. The topological polar surface area (TPSA) is 50.2 Å². The molecule has 4 heteroatoms. The minimum Gasteiger partial charge on any atom is -0.478 e. The number of carbonyl (C=O) groups is 1. The smallest absolute Gasteiger partial charge is 0.331 e. The molecule has 0 atom stereocenters. The standard InChI is InChI=1S/C15H13NO2S/c1-11(15(17)18)10-12-2-4-13(5-3-12)19-14-6-8-16-9-7-14/h2-10H,1H3,(H,17,18)/b11-10+. The third kappa shape index (κ3) is 3.96. The molecule has 0 aliphatic carbocycles. The molecule has 0 aliphatic heterocycles. The summed E-state index contributed by atoms with van der Waals surface area (Å²) in [5.74, 6) is -0.893. The highest BCUT2D eigenvalue weighted by atomic mass is 32.2. The lowest BCUT2D eigenvalue weighted by molar-refractivity contribution is -0.132. The van der Waals surface area contributed by atoms with Gasteiger partial charge in [-0.25, -0.2) is 4.79 Å². The van der Waals surface area contributed by atoms with E-state index in [0.717, 1.165) is 15.4 Å². The van der Waals surface area contributed by atoms with Gasteiger partial charge in [-0.05, 0) is 42.8 Å². The first-order valence-corrected chi connectivity index (χ1v) is 6.56. The van der Waals surface area contributed by atoms with E-state index in [4.69, 9.17) is 5.11 Å². The number of benzene rings is 1. The summed E-state index contributed by atoms with van der Waals surface area (Å²) in [7, 11) is 0. The van der Waals surface area contributed by atoms with Gasteiger partial charge in [-0.2, -0.15) is 0 Å². The first kappa shape index (κ1) is 13.4. The molecular weight excluding hydrogens is 258 g/mol. The molecule has 0 spiro atoms. The van der Waals surface area contributed by atoms with Crippen LogP contribution in [0.2, 0.25) is 0 Å². The number of nitrogens with zero attached hydrogens (tertiary/aromatic N) is 1. The molecule has 0 amide bonds. The number of rotatable bonds is 4. The lowest BCUT2D eigenvalue weighted by Gasteiger charge is -2.02. The molecule has 1 aromatic heterocycles. The average molecular weight is 271 g/mol. The molecule has 3 nitrogen and oxygen atoms in total. The zero-order valence-corrected chi connectivity index (χ0v) is 11.2. The van der Waals surface area contributed by atoms with Crippen LogP contribution in [0.25, 0.3) is 6.08 Å². The number of pyridine rings is 1. The van der Waals surface area contributed by atoms with Crippen molar-refractivity contribution in [3.63, 3.8) is 0 Å². The summed E-state index contributed by atoms with van der Waals surface area (Å²) in [5.41, 5.74) is 1.22. The van der Waals surface area contributed by atoms with Crippen molar-refractivity contribution in [2.75, 3.05) is 0 Å². The molecule has 0 unspecified atom stereocenters. The van der Waals surface area contributed by atoms with E-state index < -0.39 is 5.97 Å². The fourth-order valence-electron chi connectivity index (χ4n) is 1.49. The zero-order valence-electron chi connectivity index (χ0n) is 10.4. The van der Waals surface area contributed by atoms with Crippen LogP contribution in [0.4, 0.5) is 0 Å². The summed E-state index contributed by atoms with van der Waals surface area (Å²) < 4.78 is 0. The van der Waals surface area contributed by atoms with E-state index >= 15 is 0 Å². The summed E-state index contributed by atoms with van der Waals surface area (Å²) in [4.78, 5) is 16.9. The van der Waals surface area contributed by atoms with Crippen LogP contribution in [0.5, 0.6) is 0 Å². The van der Waals surface area contributed by atoms with Crippen LogP contribution in [-0.2, 0) is 4.79 Å². The normalized spacial score (nSPS) is 11.3. The molecule has 1 heterocycles. The van der Waals surface area contributed by atoms with E-state index in [1.165, 1.54) is 0 Å². The molecule has 96 valence electrons. The maximum absolute atomic E-state index is 10.7. The van der Waals surface area contributed by atoms with E-state index in [-0.39, 0.29) is 0 Å². The second-order valence-corrected chi connectivity index (χ2v) is 5.13. The van der Waals surface area contributed by atoms with Crippen LogP contribution in [0, 0.1) is 0 Å². The number of hydrogen-bond acceptors (Lipinski definition) is 3. The maximum Gasteiger partial charge on any atom is 0.331 e. The van der Waals surface area contributed by atoms with E-state index in [1.807, 2.05) is 36.4 Å². The van der Waals surface area contributed by atoms with Crippen molar-refractivity contribution in [2.24, 2.45) is 0 Å². The van der Waals surface area contributed by atoms with Crippen molar-refractivity contribution >= 4 is 23.8 Å². The number of carboxylic acids is 1. The highest BCUT2D eigenvalue weighted by molar-refractivity contribution is 7.99. The Kier molecular flexibility index (Phi) is 4.36. The Bertz CT molecular complexity index is 591. The first-order chi connectivity index (χ1) is 9.15. The molecule has 1 aromatic carbocycles. The Morgan fingerprint density at radius 3 is 2.26 bits per heavy atom. The number of hydrogen-bond donors (Lipinski definition) is 1. The van der Waals surface area contributed by atoms with Crippen molar-refractivity contribution in [1.82, 2.24) is 4.98 Å². The van der Waals surface area contributed by atoms with Crippen molar-refractivity contribution in [3.05, 3.63) is 59.9 Å². The van der Waals surface area contributed by atoms with Crippen LogP contribution >= 0.6 is 11.8 Å². The van der Waals surface area contributed by atoms with Crippen molar-refractivity contribution in [2.45, 2.75) is 16.7 Å². The van der Waals surface area contributed by atoms with Gasteiger partial charge in [0, 0.05) is 27.8 Å². The fraction of sp³-hybridized carbons (Fsp3) is 0.0667. The Labute approximate surface area is 116 Å². The largest absolute Gasteiger partial charge is 0.478 e. The van der Waals surface area contributed by atoms with Crippen LogP contribution in [0.15, 0.2) is 64.2 Å². The molecule has 0 saturated heterocycles. The Morgan fingerprint density at radius 1 is 1.11 bits per heavy atom. The lowest BCUT2D eigenvalue weighted by Crippen LogP contribution is -1.95. The van der Waals surface area contributed by atoms with Crippen LogP contribution < -0.4 is 0 Å². The third-order valence-electron chi connectivity index (χ3n) is 2.49. The molecular formula is C15H13NO2S. The zero-order chi connectivity index (χ0) is 13.7. The predicted octanol–water partition coefficient (Wildman–Crippen LogP) is 3.72. The average Bonchev–Trinajstić information content (AvgIpc) is 2.42. The van der Waals surface area contributed by atoms with Crippen molar-refractivity contribution in [1.29, 1.82) is 0 Å². The number of carboxylic acid groups (broad SMARTS) is 1. The number of aromatic nitrogens is 1. The molecule has 0 fully saturated rings. The van der Waals surface area contributed by atoms with Gasteiger partial charge in [0.15, 0.2) is 0 Å². The highest BCUT2D eigenvalue weighted by Gasteiger charge is 2.00. The third-order valence-corrected chi connectivity index (χ3v) is 3.50. The van der Waals surface area contributed by atoms with Crippen LogP contribution in [0.3, 0.4) is 0 Å². The molecule has 0 radical (unpaired) electrons. The SMILES string of the molecule is C/C(=C\c1ccc(Sc2ccncc2)cc1)C(=O)O. The van der Waals surface area contributed by atoms with Gasteiger partial charge >= 0.3 is 5.97 Å². The van der Waals surface area contributed by atoms with Crippen molar-refractivity contribution < 1.29 is 9.90 Å². The first-order valence-electron chi connectivity index (χ1n) is 5.75. The van der Waals surface area contributed by atoms with Gasteiger partial charge in [0.05, 0.1) is 0 Å². The predicted molar refractivity (Wildman–Crippen MR) is 76.1 cm³/mol. The Morgan fingerprint density at radius 2 is 1.68 bits per heavy atom. The molecule has 19 heavy (non-hydrogen) atoms. The van der Waals surface area contributed by atoms with E-state index in [2.05, 4.69) is 4.98 Å². The molecule has 2 rings (SSSR count). The number of aliphatic carboxylic acids is 1. The van der Waals surface area contributed by atoms with Gasteiger partial charge in [-0.3, -0.25) is 4.98 Å². The van der Waals surface area contributed by atoms with Gasteiger partial charge in [0.25, 0.3) is 0 Å². The van der Waals surface area contributed by atoms with Crippen LogP contribution in [0.1, 0.15) is 12.5 Å². The minimum absolute atomic E-state index is 0.328. The quantitative estimate of drug-likeness (QED) is 0.861. The highest BCUT2D eigenvalue weighted by Crippen LogP contribution is 2.27. The second-order valence-electron chi connectivity index (χ2n) is 3.99. The fourth-order valence-corrected chi connectivity index (χ4v) is 2.29. The van der Waals surface area contributed by atoms with Gasteiger partial charge in [-0.1, -0.05) is 23.9 Å². The molecule has 0 aliphatic rings. The van der Waals surface area contributed by atoms with E-state index in [9.17, 15) is 4.79 Å². The van der Waals surface area contributed by atoms with Gasteiger partial charge in [-0.15, -0.1) is 0 Å². The van der Waals surface area contributed by atoms with Crippen molar-refractivity contribution in [3.8, 4) is 0 Å². The molecule has 0 bridgehead atoms. The Hall–Kier alpha value is -2.07. The van der Waals surface area contributed by atoms with E-state index in [1.54, 1.807) is 37.2 Å². The lowest BCUT2D eigenvalue weighted by atomic mass is 10.1. The minimum atomic E-state index is -0.893. The molecule has 2 aromatic rings. The summed E-state index contributed by atoms with van der Waals surface area (Å²) in [5, 5.41) is 8.81. The van der Waals surface area contributed by atoms with Gasteiger partial charge in [0.1, 0.15) is 0 Å². The van der Waals surface area contributed by atoms with Gasteiger partial charge < -0.3 is 5.11 Å². The Balaban J connectivity index is 2.11. The molecule has 1 N–H and O–H groups in total. The summed E-state index contributed by atoms with van der Waals surface area (Å²) in [6.45, 7) is 1.59. The van der Waals surface area contributed by atoms with Crippen LogP contribution in [-0.4, -0.2) is 16.1 Å². The summed E-state index contributed by atoms with van der Waals surface area (Å²) in [6.07, 6.45) is 5.18. The maximum atomic E-state index is 10.7. The van der Waals surface area contributed by atoms with Gasteiger partial charge in [0.2, 0.25) is 0 Å². The van der Waals surface area contributed by atoms with E-state index in [0.29, 0.717) is 5.57 Å².